The molecule has 3 rings (SSSR count). The topological polar surface area (TPSA) is 47.6 Å². The van der Waals surface area contributed by atoms with E-state index in [1.54, 1.807) is 0 Å². The second-order valence-electron chi connectivity index (χ2n) is 5.69. The van der Waals surface area contributed by atoms with Crippen molar-refractivity contribution in [3.63, 3.8) is 0 Å². The molecule has 0 saturated carbocycles. The lowest BCUT2D eigenvalue weighted by molar-refractivity contribution is -0.118. The second-order valence-corrected chi connectivity index (χ2v) is 5.69. The molecule has 4 nitrogen and oxygen atoms in total. The van der Waals surface area contributed by atoms with Crippen molar-refractivity contribution in [3.05, 3.63) is 60.2 Å². The lowest BCUT2D eigenvalue weighted by atomic mass is 10.2. The molecule has 120 valence electrons. The molecule has 1 saturated heterocycles. The van der Waals surface area contributed by atoms with Gasteiger partial charge in [-0.2, -0.15) is 0 Å². The zero-order chi connectivity index (χ0) is 15.9. The first kappa shape index (κ1) is 15.6. The summed E-state index contributed by atoms with van der Waals surface area (Å²) in [6, 6.07) is 17.5. The van der Waals surface area contributed by atoms with Crippen molar-refractivity contribution in [1.82, 2.24) is 0 Å². The third-order valence-corrected chi connectivity index (χ3v) is 3.82. The first-order valence-corrected chi connectivity index (χ1v) is 7.98. The maximum atomic E-state index is 11.9. The van der Waals surface area contributed by atoms with Gasteiger partial charge in [-0.3, -0.25) is 4.79 Å². The third-order valence-electron chi connectivity index (χ3n) is 3.82. The maximum absolute atomic E-state index is 11.9. The predicted octanol–water partition coefficient (Wildman–Crippen LogP) is 3.77. The quantitative estimate of drug-likeness (QED) is 0.883. The SMILES string of the molecule is O=C(CC1CCCO1)Nc1ccc(OCc2ccccc2)cc1. The number of nitrogens with one attached hydrogen (secondary N) is 1. The van der Waals surface area contributed by atoms with E-state index in [-0.39, 0.29) is 12.0 Å². The highest BCUT2D eigenvalue weighted by Gasteiger charge is 2.18. The lowest BCUT2D eigenvalue weighted by Crippen LogP contribution is -2.19. The standard InChI is InChI=1S/C19H21NO3/c21-19(13-18-7-4-12-22-18)20-16-8-10-17(11-9-16)23-14-15-5-2-1-3-6-15/h1-3,5-6,8-11,18H,4,7,12-14H2,(H,20,21). The largest absolute Gasteiger partial charge is 0.489 e. The molecule has 1 heterocycles. The molecular weight excluding hydrogens is 290 g/mol. The van der Waals surface area contributed by atoms with Crippen LogP contribution in [0.15, 0.2) is 54.6 Å². The summed E-state index contributed by atoms with van der Waals surface area (Å²) in [6.45, 7) is 1.30. The number of carbonyl (C=O) groups excluding carboxylic acids is 1. The minimum atomic E-state index is -0.00476. The minimum absolute atomic E-state index is 0.00476. The first-order chi connectivity index (χ1) is 11.3. The molecular formula is C19H21NO3. The van der Waals surface area contributed by atoms with Crippen LogP contribution in [-0.4, -0.2) is 18.6 Å². The van der Waals surface area contributed by atoms with Gasteiger partial charge in [0.1, 0.15) is 12.4 Å². The van der Waals surface area contributed by atoms with Crippen molar-refractivity contribution in [2.24, 2.45) is 0 Å². The van der Waals surface area contributed by atoms with E-state index in [2.05, 4.69) is 5.32 Å². The Kier molecular flexibility index (Phi) is 5.27. The van der Waals surface area contributed by atoms with Crippen molar-refractivity contribution in [2.75, 3.05) is 11.9 Å². The van der Waals surface area contributed by atoms with E-state index >= 15 is 0 Å². The van der Waals surface area contributed by atoms with Crippen LogP contribution in [-0.2, 0) is 16.1 Å². The molecule has 0 radical (unpaired) electrons. The fourth-order valence-electron chi connectivity index (χ4n) is 2.60. The number of hydrogen-bond acceptors (Lipinski definition) is 3. The van der Waals surface area contributed by atoms with Gasteiger partial charge in [-0.1, -0.05) is 30.3 Å². The van der Waals surface area contributed by atoms with Crippen molar-refractivity contribution in [3.8, 4) is 5.75 Å². The summed E-state index contributed by atoms with van der Waals surface area (Å²) < 4.78 is 11.2. The fraction of sp³-hybridized carbons (Fsp3) is 0.316. The normalized spacial score (nSPS) is 17.0. The Bertz CT molecular complexity index is 619. The molecule has 1 aliphatic heterocycles. The van der Waals surface area contributed by atoms with Crippen LogP contribution < -0.4 is 10.1 Å². The van der Waals surface area contributed by atoms with Gasteiger partial charge < -0.3 is 14.8 Å². The minimum Gasteiger partial charge on any atom is -0.489 e. The number of carbonyl (C=O) groups is 1. The van der Waals surface area contributed by atoms with E-state index in [0.29, 0.717) is 13.0 Å². The molecule has 4 heteroatoms. The number of amides is 1. The molecule has 0 aromatic heterocycles. The zero-order valence-corrected chi connectivity index (χ0v) is 13.0. The summed E-state index contributed by atoms with van der Waals surface area (Å²) in [5, 5.41) is 2.90. The van der Waals surface area contributed by atoms with Gasteiger partial charge in [0.15, 0.2) is 0 Å². The molecule has 1 unspecified atom stereocenters. The Morgan fingerprint density at radius 3 is 2.61 bits per heavy atom. The monoisotopic (exact) mass is 311 g/mol. The summed E-state index contributed by atoms with van der Waals surface area (Å²) in [6.07, 6.45) is 2.51. The molecule has 0 aliphatic carbocycles. The van der Waals surface area contributed by atoms with Gasteiger partial charge in [0.2, 0.25) is 5.91 Å². The molecule has 23 heavy (non-hydrogen) atoms. The average Bonchev–Trinajstić information content (AvgIpc) is 3.08. The molecule has 0 bridgehead atoms. The smallest absolute Gasteiger partial charge is 0.226 e. The van der Waals surface area contributed by atoms with Crippen molar-refractivity contribution in [2.45, 2.75) is 32.0 Å². The summed E-state index contributed by atoms with van der Waals surface area (Å²) >= 11 is 0. The van der Waals surface area contributed by atoms with Gasteiger partial charge in [-0.25, -0.2) is 0 Å². The lowest BCUT2D eigenvalue weighted by Gasteiger charge is -2.11. The van der Waals surface area contributed by atoms with Crippen LogP contribution in [0.5, 0.6) is 5.75 Å². The maximum Gasteiger partial charge on any atom is 0.226 e. The van der Waals surface area contributed by atoms with Gasteiger partial charge in [0.05, 0.1) is 12.5 Å². The van der Waals surface area contributed by atoms with Gasteiger partial charge in [0.25, 0.3) is 0 Å². The zero-order valence-electron chi connectivity index (χ0n) is 13.0. The highest BCUT2D eigenvalue weighted by molar-refractivity contribution is 5.91. The van der Waals surface area contributed by atoms with E-state index in [1.807, 2.05) is 54.6 Å². The highest BCUT2D eigenvalue weighted by atomic mass is 16.5. The van der Waals surface area contributed by atoms with Crippen LogP contribution in [0.4, 0.5) is 5.69 Å². The molecule has 1 N–H and O–H groups in total. The molecule has 1 fully saturated rings. The number of anilines is 1. The van der Waals surface area contributed by atoms with Crippen LogP contribution in [0, 0.1) is 0 Å². The van der Waals surface area contributed by atoms with E-state index < -0.39 is 0 Å². The Morgan fingerprint density at radius 2 is 1.91 bits per heavy atom. The third kappa shape index (κ3) is 4.83. The van der Waals surface area contributed by atoms with E-state index in [0.717, 1.165) is 36.4 Å². The van der Waals surface area contributed by atoms with Gasteiger partial charge >= 0.3 is 0 Å². The molecule has 2 aromatic rings. The highest BCUT2D eigenvalue weighted by Crippen LogP contribution is 2.19. The van der Waals surface area contributed by atoms with E-state index in [1.165, 1.54) is 0 Å². The molecule has 1 aliphatic rings. The van der Waals surface area contributed by atoms with Gasteiger partial charge in [-0.05, 0) is 42.7 Å². The number of ether oxygens (including phenoxy) is 2. The Hall–Kier alpha value is -2.33. The van der Waals surface area contributed by atoms with Gasteiger partial charge in [0, 0.05) is 12.3 Å². The number of hydrogen-bond donors (Lipinski definition) is 1. The number of rotatable bonds is 6. The molecule has 0 spiro atoms. The second kappa shape index (κ2) is 7.79. The average molecular weight is 311 g/mol. The van der Waals surface area contributed by atoms with E-state index in [9.17, 15) is 4.79 Å². The predicted molar refractivity (Wildman–Crippen MR) is 89.4 cm³/mol. The Balaban J connectivity index is 1.47. The molecule has 1 atom stereocenters. The van der Waals surface area contributed by atoms with Crippen LogP contribution in [0.2, 0.25) is 0 Å². The summed E-state index contributed by atoms with van der Waals surface area (Å²) in [7, 11) is 0. The molecule has 1 amide bonds. The van der Waals surface area contributed by atoms with Crippen molar-refractivity contribution >= 4 is 11.6 Å². The fourth-order valence-corrected chi connectivity index (χ4v) is 2.60. The van der Waals surface area contributed by atoms with Crippen LogP contribution in [0.3, 0.4) is 0 Å². The van der Waals surface area contributed by atoms with Crippen LogP contribution >= 0.6 is 0 Å². The Morgan fingerprint density at radius 1 is 1.13 bits per heavy atom. The summed E-state index contributed by atoms with van der Waals surface area (Å²) in [5.41, 5.74) is 1.90. The Labute approximate surface area is 136 Å². The van der Waals surface area contributed by atoms with Crippen LogP contribution in [0.25, 0.3) is 0 Å². The summed E-state index contributed by atoms with van der Waals surface area (Å²) in [5.74, 6) is 0.779. The number of benzene rings is 2. The first-order valence-electron chi connectivity index (χ1n) is 7.98. The van der Waals surface area contributed by atoms with Crippen LogP contribution in [0.1, 0.15) is 24.8 Å². The summed E-state index contributed by atoms with van der Waals surface area (Å²) in [4.78, 5) is 11.9. The van der Waals surface area contributed by atoms with Gasteiger partial charge in [-0.15, -0.1) is 0 Å². The van der Waals surface area contributed by atoms with E-state index in [4.69, 9.17) is 9.47 Å². The molecule has 2 aromatic carbocycles. The van der Waals surface area contributed by atoms with Crippen molar-refractivity contribution in [1.29, 1.82) is 0 Å². The van der Waals surface area contributed by atoms with Crippen molar-refractivity contribution < 1.29 is 14.3 Å².